The summed E-state index contributed by atoms with van der Waals surface area (Å²) in [4.78, 5) is 10.1. The summed E-state index contributed by atoms with van der Waals surface area (Å²) in [6.45, 7) is 7.88. The van der Waals surface area contributed by atoms with E-state index in [1.807, 2.05) is 0 Å². The maximum Gasteiger partial charge on any atom is 0.330 e. The molecule has 1 aliphatic rings. The van der Waals surface area contributed by atoms with Gasteiger partial charge in [0.25, 0.3) is 0 Å². The van der Waals surface area contributed by atoms with Crippen molar-refractivity contribution in [2.45, 2.75) is 19.8 Å². The molecule has 70 valence electrons. The molecule has 1 fully saturated rings. The first kappa shape index (κ1) is 11.2. The number of ether oxygens (including phenoxy) is 1. The molecule has 3 nitrogen and oxygen atoms in total. The highest BCUT2D eigenvalue weighted by Crippen LogP contribution is 1.90. The van der Waals surface area contributed by atoms with E-state index < -0.39 is 0 Å². The molecule has 0 aromatic carbocycles. The lowest BCUT2D eigenvalue weighted by Crippen LogP contribution is -2.03. The van der Waals surface area contributed by atoms with E-state index in [0.717, 1.165) is 6.08 Å². The van der Waals surface area contributed by atoms with Crippen molar-refractivity contribution in [3.05, 3.63) is 12.7 Å². The van der Waals surface area contributed by atoms with Crippen molar-refractivity contribution >= 4 is 5.97 Å². The number of nitrogens with one attached hydrogen (secondary N) is 1. The summed E-state index contributed by atoms with van der Waals surface area (Å²) in [5, 5.41) is 3.22. The van der Waals surface area contributed by atoms with Gasteiger partial charge < -0.3 is 10.1 Å². The molecule has 0 unspecified atom stereocenters. The summed E-state index contributed by atoms with van der Waals surface area (Å²) in [7, 11) is 0. The molecule has 0 aromatic rings. The largest absolute Gasteiger partial charge is 0.463 e. The Morgan fingerprint density at radius 1 is 1.58 bits per heavy atom. The van der Waals surface area contributed by atoms with Gasteiger partial charge in [-0.05, 0) is 32.9 Å². The third-order valence-electron chi connectivity index (χ3n) is 1.41. The number of hydrogen-bond donors (Lipinski definition) is 1. The van der Waals surface area contributed by atoms with Crippen molar-refractivity contribution in [3.63, 3.8) is 0 Å². The molecule has 1 aliphatic heterocycles. The minimum Gasteiger partial charge on any atom is -0.463 e. The predicted octanol–water partition coefficient (Wildman–Crippen LogP) is 1.11. The fourth-order valence-corrected chi connectivity index (χ4v) is 0.826. The van der Waals surface area contributed by atoms with Gasteiger partial charge in [-0.1, -0.05) is 6.58 Å². The molecule has 0 aromatic heterocycles. The molecule has 1 saturated heterocycles. The SMILES string of the molecule is C1CCNC1.C=CC(=O)OCC. The molecule has 1 heterocycles. The van der Waals surface area contributed by atoms with Gasteiger partial charge >= 0.3 is 5.97 Å². The van der Waals surface area contributed by atoms with Crippen molar-refractivity contribution in [3.8, 4) is 0 Å². The number of esters is 1. The second-order valence-electron chi connectivity index (χ2n) is 2.41. The van der Waals surface area contributed by atoms with Gasteiger partial charge in [0, 0.05) is 6.08 Å². The van der Waals surface area contributed by atoms with E-state index in [1.165, 1.54) is 25.9 Å². The van der Waals surface area contributed by atoms with Crippen LogP contribution in [0.15, 0.2) is 12.7 Å². The molecule has 0 amide bonds. The van der Waals surface area contributed by atoms with Crippen molar-refractivity contribution in [2.75, 3.05) is 19.7 Å². The molecule has 0 aliphatic carbocycles. The van der Waals surface area contributed by atoms with Gasteiger partial charge in [-0.25, -0.2) is 4.79 Å². The topological polar surface area (TPSA) is 38.3 Å². The van der Waals surface area contributed by atoms with Gasteiger partial charge in [-0.15, -0.1) is 0 Å². The fraction of sp³-hybridized carbons (Fsp3) is 0.667. The average molecular weight is 171 g/mol. The van der Waals surface area contributed by atoms with Crippen LogP contribution < -0.4 is 5.32 Å². The van der Waals surface area contributed by atoms with Crippen molar-refractivity contribution < 1.29 is 9.53 Å². The Morgan fingerprint density at radius 3 is 2.33 bits per heavy atom. The van der Waals surface area contributed by atoms with E-state index in [-0.39, 0.29) is 5.97 Å². The second-order valence-corrected chi connectivity index (χ2v) is 2.41. The van der Waals surface area contributed by atoms with E-state index in [4.69, 9.17) is 0 Å². The Bertz CT molecular complexity index is 123. The predicted molar refractivity (Wildman–Crippen MR) is 48.9 cm³/mol. The van der Waals surface area contributed by atoms with Crippen LogP contribution in [-0.2, 0) is 9.53 Å². The van der Waals surface area contributed by atoms with E-state index in [1.54, 1.807) is 6.92 Å². The Balaban J connectivity index is 0.000000211. The van der Waals surface area contributed by atoms with Crippen LogP contribution in [0.25, 0.3) is 0 Å². The van der Waals surface area contributed by atoms with Crippen molar-refractivity contribution in [1.82, 2.24) is 5.32 Å². The maximum atomic E-state index is 10.1. The summed E-state index contributed by atoms with van der Waals surface area (Å²) in [6.07, 6.45) is 3.92. The summed E-state index contributed by atoms with van der Waals surface area (Å²) >= 11 is 0. The van der Waals surface area contributed by atoms with Crippen molar-refractivity contribution in [2.24, 2.45) is 0 Å². The van der Waals surface area contributed by atoms with E-state index >= 15 is 0 Å². The third kappa shape index (κ3) is 7.28. The highest BCUT2D eigenvalue weighted by Gasteiger charge is 1.93. The quantitative estimate of drug-likeness (QED) is 0.499. The molecule has 0 saturated carbocycles. The van der Waals surface area contributed by atoms with Crippen LogP contribution in [0.2, 0.25) is 0 Å². The summed E-state index contributed by atoms with van der Waals surface area (Å²) in [5.41, 5.74) is 0. The zero-order valence-electron chi connectivity index (χ0n) is 7.64. The van der Waals surface area contributed by atoms with Crippen LogP contribution in [-0.4, -0.2) is 25.7 Å². The highest BCUT2D eigenvalue weighted by molar-refractivity contribution is 5.81. The minimum absolute atomic E-state index is 0.359. The molecule has 3 heteroatoms. The number of hydrogen-bond acceptors (Lipinski definition) is 3. The molecule has 1 rings (SSSR count). The molecule has 12 heavy (non-hydrogen) atoms. The van der Waals surface area contributed by atoms with E-state index in [0.29, 0.717) is 6.61 Å². The Labute approximate surface area is 73.8 Å². The molecule has 1 N–H and O–H groups in total. The van der Waals surface area contributed by atoms with Gasteiger partial charge in [0.05, 0.1) is 6.61 Å². The van der Waals surface area contributed by atoms with Crippen LogP contribution in [0.1, 0.15) is 19.8 Å². The van der Waals surface area contributed by atoms with Gasteiger partial charge in [0.2, 0.25) is 0 Å². The molecule has 0 bridgehead atoms. The Kier molecular flexibility index (Phi) is 7.70. The van der Waals surface area contributed by atoms with Crippen LogP contribution in [0.3, 0.4) is 0 Å². The van der Waals surface area contributed by atoms with Crippen LogP contribution in [0, 0.1) is 0 Å². The van der Waals surface area contributed by atoms with Crippen LogP contribution in [0.5, 0.6) is 0 Å². The lowest BCUT2D eigenvalue weighted by molar-refractivity contribution is -0.137. The standard InChI is InChI=1S/C5H8O2.C4H9N/c1-3-5(6)7-4-2;1-2-4-5-3-1/h3H,1,4H2,2H3;5H,1-4H2. The third-order valence-corrected chi connectivity index (χ3v) is 1.41. The van der Waals surface area contributed by atoms with Gasteiger partial charge in [-0.2, -0.15) is 0 Å². The number of carbonyl (C=O) groups is 1. The summed E-state index contributed by atoms with van der Waals surface area (Å²) in [5.74, 6) is -0.359. The first-order chi connectivity index (χ1) is 5.81. The first-order valence-corrected chi connectivity index (χ1v) is 4.31. The normalized spacial score (nSPS) is 14.4. The molecule has 0 atom stereocenters. The molecule has 0 spiro atoms. The summed E-state index contributed by atoms with van der Waals surface area (Å²) in [6, 6.07) is 0. The Hall–Kier alpha value is -0.830. The molecular weight excluding hydrogens is 154 g/mol. The van der Waals surface area contributed by atoms with E-state index in [2.05, 4.69) is 16.6 Å². The van der Waals surface area contributed by atoms with Crippen molar-refractivity contribution in [1.29, 1.82) is 0 Å². The zero-order chi connectivity index (χ0) is 9.23. The second kappa shape index (κ2) is 8.27. The lowest BCUT2D eigenvalue weighted by atomic mass is 10.4. The first-order valence-electron chi connectivity index (χ1n) is 4.31. The van der Waals surface area contributed by atoms with Gasteiger partial charge in [-0.3, -0.25) is 0 Å². The van der Waals surface area contributed by atoms with Crippen LogP contribution in [0.4, 0.5) is 0 Å². The number of rotatable bonds is 2. The molecular formula is C9H17NO2. The zero-order valence-corrected chi connectivity index (χ0v) is 7.64. The van der Waals surface area contributed by atoms with Gasteiger partial charge in [0.15, 0.2) is 0 Å². The smallest absolute Gasteiger partial charge is 0.330 e. The monoisotopic (exact) mass is 171 g/mol. The molecule has 0 radical (unpaired) electrons. The summed E-state index contributed by atoms with van der Waals surface area (Å²) < 4.78 is 4.43. The van der Waals surface area contributed by atoms with E-state index in [9.17, 15) is 4.79 Å². The average Bonchev–Trinajstić information content (AvgIpc) is 2.62. The number of carbonyl (C=O) groups excluding carboxylic acids is 1. The fourth-order valence-electron chi connectivity index (χ4n) is 0.826. The highest BCUT2D eigenvalue weighted by atomic mass is 16.5. The van der Waals surface area contributed by atoms with Gasteiger partial charge in [0.1, 0.15) is 0 Å². The maximum absolute atomic E-state index is 10.1. The van der Waals surface area contributed by atoms with Crippen LogP contribution >= 0.6 is 0 Å². The lowest BCUT2D eigenvalue weighted by Gasteiger charge is -1.90. The Morgan fingerprint density at radius 2 is 2.17 bits per heavy atom. The minimum atomic E-state index is -0.359.